The Morgan fingerprint density at radius 1 is 0.850 bits per heavy atom. The van der Waals surface area contributed by atoms with Crippen molar-refractivity contribution in [2.24, 2.45) is 0 Å². The monoisotopic (exact) mass is 280 g/mol. The molecule has 0 bridgehead atoms. The van der Waals surface area contributed by atoms with Crippen molar-refractivity contribution >= 4 is 5.97 Å². The van der Waals surface area contributed by atoms with Crippen LogP contribution in [0.1, 0.15) is 77.6 Å². The molecule has 2 heteroatoms. The smallest absolute Gasteiger partial charge is 0.305 e. The molecule has 2 nitrogen and oxygen atoms in total. The van der Waals surface area contributed by atoms with Crippen LogP contribution in [0.2, 0.25) is 0 Å². The molecule has 0 spiro atoms. The SMILES string of the molecule is CCCCCCCC=CCC=CCCCCC(=O)OC. The maximum absolute atomic E-state index is 10.9. The second kappa shape index (κ2) is 16.0. The normalized spacial score (nSPS) is 11.5. The number of esters is 1. The topological polar surface area (TPSA) is 26.3 Å². The summed E-state index contributed by atoms with van der Waals surface area (Å²) >= 11 is 0. The van der Waals surface area contributed by atoms with Crippen molar-refractivity contribution in [1.29, 1.82) is 0 Å². The lowest BCUT2D eigenvalue weighted by molar-refractivity contribution is -0.140. The third kappa shape index (κ3) is 15.0. The number of hydrogen-bond donors (Lipinski definition) is 0. The van der Waals surface area contributed by atoms with E-state index >= 15 is 0 Å². The molecule has 0 aliphatic carbocycles. The van der Waals surface area contributed by atoms with Crippen molar-refractivity contribution < 1.29 is 9.53 Å². The van der Waals surface area contributed by atoms with Gasteiger partial charge in [0.05, 0.1) is 7.11 Å². The highest BCUT2D eigenvalue weighted by atomic mass is 16.5. The summed E-state index contributed by atoms with van der Waals surface area (Å²) < 4.78 is 4.60. The molecule has 0 atom stereocenters. The Labute approximate surface area is 125 Å². The summed E-state index contributed by atoms with van der Waals surface area (Å²) in [4.78, 5) is 10.9. The fraction of sp³-hybridized carbons (Fsp3) is 0.722. The molecule has 0 radical (unpaired) electrons. The van der Waals surface area contributed by atoms with Crippen LogP contribution in [0.25, 0.3) is 0 Å². The van der Waals surface area contributed by atoms with Crippen LogP contribution >= 0.6 is 0 Å². The zero-order valence-corrected chi connectivity index (χ0v) is 13.4. The van der Waals surface area contributed by atoms with E-state index in [9.17, 15) is 4.79 Å². The third-order valence-electron chi connectivity index (χ3n) is 3.31. The third-order valence-corrected chi connectivity index (χ3v) is 3.31. The first-order valence-corrected chi connectivity index (χ1v) is 8.18. The van der Waals surface area contributed by atoms with E-state index in [2.05, 4.69) is 36.0 Å². The number of hydrogen-bond acceptors (Lipinski definition) is 2. The molecule has 116 valence electrons. The minimum atomic E-state index is -0.101. The molecule has 0 rings (SSSR count). The van der Waals surface area contributed by atoms with Gasteiger partial charge in [-0.05, 0) is 38.5 Å². The summed E-state index contributed by atoms with van der Waals surface area (Å²) in [6, 6.07) is 0. The Kier molecular flexibility index (Phi) is 15.2. The van der Waals surface area contributed by atoms with E-state index in [0.717, 1.165) is 25.7 Å². The molecular weight excluding hydrogens is 248 g/mol. The van der Waals surface area contributed by atoms with Crippen LogP contribution in [0.15, 0.2) is 24.3 Å². The highest BCUT2D eigenvalue weighted by Gasteiger charge is 1.97. The largest absolute Gasteiger partial charge is 0.469 e. The maximum Gasteiger partial charge on any atom is 0.305 e. The Bertz CT molecular complexity index is 267. The molecule has 0 unspecified atom stereocenters. The number of unbranched alkanes of at least 4 members (excludes halogenated alkanes) is 7. The first-order valence-electron chi connectivity index (χ1n) is 8.18. The minimum absolute atomic E-state index is 0.101. The van der Waals surface area contributed by atoms with Gasteiger partial charge >= 0.3 is 5.97 Å². The van der Waals surface area contributed by atoms with Crippen molar-refractivity contribution in [3.05, 3.63) is 24.3 Å². The van der Waals surface area contributed by atoms with Gasteiger partial charge in [0.1, 0.15) is 0 Å². The fourth-order valence-corrected chi connectivity index (χ4v) is 2.01. The van der Waals surface area contributed by atoms with E-state index in [0.29, 0.717) is 6.42 Å². The van der Waals surface area contributed by atoms with E-state index in [1.807, 2.05) is 0 Å². The van der Waals surface area contributed by atoms with Crippen LogP contribution in [-0.4, -0.2) is 13.1 Å². The number of rotatable bonds is 13. The second-order valence-corrected chi connectivity index (χ2v) is 5.20. The number of ether oxygens (including phenoxy) is 1. The van der Waals surface area contributed by atoms with Crippen molar-refractivity contribution in [2.75, 3.05) is 7.11 Å². The molecule has 0 N–H and O–H groups in total. The Balaban J connectivity index is 3.24. The molecule has 0 fully saturated rings. The van der Waals surface area contributed by atoms with Crippen molar-refractivity contribution in [1.82, 2.24) is 0 Å². The van der Waals surface area contributed by atoms with E-state index in [-0.39, 0.29) is 5.97 Å². The first-order chi connectivity index (χ1) is 9.81. The van der Waals surface area contributed by atoms with E-state index in [4.69, 9.17) is 0 Å². The van der Waals surface area contributed by atoms with E-state index < -0.39 is 0 Å². The molecule has 0 aromatic rings. The molecule has 0 saturated heterocycles. The van der Waals surface area contributed by atoms with Crippen LogP contribution in [0, 0.1) is 0 Å². The molecule has 0 aliphatic rings. The summed E-state index contributed by atoms with van der Waals surface area (Å²) in [6.45, 7) is 2.25. The predicted molar refractivity (Wildman–Crippen MR) is 86.8 cm³/mol. The zero-order chi connectivity index (χ0) is 14.9. The van der Waals surface area contributed by atoms with Gasteiger partial charge in [0.15, 0.2) is 0 Å². The summed E-state index contributed by atoms with van der Waals surface area (Å²) in [5.74, 6) is -0.101. The van der Waals surface area contributed by atoms with E-state index in [1.54, 1.807) is 0 Å². The lowest BCUT2D eigenvalue weighted by Crippen LogP contribution is -1.98. The van der Waals surface area contributed by atoms with Gasteiger partial charge in [0.2, 0.25) is 0 Å². The van der Waals surface area contributed by atoms with Gasteiger partial charge in [-0.3, -0.25) is 4.79 Å². The van der Waals surface area contributed by atoms with Crippen molar-refractivity contribution in [3.8, 4) is 0 Å². The van der Waals surface area contributed by atoms with Gasteiger partial charge in [-0.15, -0.1) is 0 Å². The van der Waals surface area contributed by atoms with Gasteiger partial charge in [0, 0.05) is 6.42 Å². The van der Waals surface area contributed by atoms with Gasteiger partial charge in [-0.2, -0.15) is 0 Å². The van der Waals surface area contributed by atoms with Crippen LogP contribution in [-0.2, 0) is 9.53 Å². The Morgan fingerprint density at radius 3 is 2.05 bits per heavy atom. The standard InChI is InChI=1S/C18H32O2/c1-3-4-5-6-7-8-9-10-11-12-13-14-15-16-17-18(19)20-2/h9-10,12-13H,3-8,11,14-17H2,1-2H3. The quantitative estimate of drug-likeness (QED) is 0.250. The number of carbonyl (C=O) groups is 1. The number of methoxy groups -OCH3 is 1. The highest BCUT2D eigenvalue weighted by molar-refractivity contribution is 5.68. The lowest BCUT2D eigenvalue weighted by Gasteiger charge is -1.97. The van der Waals surface area contributed by atoms with Gasteiger partial charge in [-0.25, -0.2) is 0 Å². The molecule has 0 amide bonds. The summed E-state index contributed by atoms with van der Waals surface area (Å²) in [5.41, 5.74) is 0. The Morgan fingerprint density at radius 2 is 1.45 bits per heavy atom. The van der Waals surface area contributed by atoms with Gasteiger partial charge in [0.25, 0.3) is 0 Å². The fourth-order valence-electron chi connectivity index (χ4n) is 2.01. The van der Waals surface area contributed by atoms with Gasteiger partial charge in [-0.1, -0.05) is 56.9 Å². The van der Waals surface area contributed by atoms with E-state index in [1.165, 1.54) is 45.6 Å². The molecule has 0 aromatic carbocycles. The van der Waals surface area contributed by atoms with Crippen molar-refractivity contribution in [3.63, 3.8) is 0 Å². The molecule has 0 saturated carbocycles. The number of allylic oxidation sites excluding steroid dienone is 4. The van der Waals surface area contributed by atoms with Crippen LogP contribution in [0.5, 0.6) is 0 Å². The highest BCUT2D eigenvalue weighted by Crippen LogP contribution is 2.06. The molecular formula is C18H32O2. The predicted octanol–water partition coefficient (Wildman–Crippen LogP) is 5.58. The zero-order valence-electron chi connectivity index (χ0n) is 13.4. The number of carbonyl (C=O) groups excluding carboxylic acids is 1. The minimum Gasteiger partial charge on any atom is -0.469 e. The lowest BCUT2D eigenvalue weighted by atomic mass is 10.1. The van der Waals surface area contributed by atoms with Crippen LogP contribution < -0.4 is 0 Å². The molecule has 0 aromatic heterocycles. The summed E-state index contributed by atoms with van der Waals surface area (Å²) in [6.07, 6.45) is 21.6. The molecule has 0 heterocycles. The van der Waals surface area contributed by atoms with Crippen LogP contribution in [0.3, 0.4) is 0 Å². The maximum atomic E-state index is 10.9. The summed E-state index contributed by atoms with van der Waals surface area (Å²) in [5, 5.41) is 0. The Hall–Kier alpha value is -1.05. The van der Waals surface area contributed by atoms with Gasteiger partial charge < -0.3 is 4.74 Å². The summed E-state index contributed by atoms with van der Waals surface area (Å²) in [7, 11) is 1.44. The molecule has 20 heavy (non-hydrogen) atoms. The first kappa shape index (κ1) is 18.9. The average molecular weight is 280 g/mol. The van der Waals surface area contributed by atoms with Crippen LogP contribution in [0.4, 0.5) is 0 Å². The van der Waals surface area contributed by atoms with Crippen molar-refractivity contribution in [2.45, 2.75) is 77.6 Å². The second-order valence-electron chi connectivity index (χ2n) is 5.20. The molecule has 0 aliphatic heterocycles. The average Bonchev–Trinajstić information content (AvgIpc) is 2.47.